The van der Waals surface area contributed by atoms with Gasteiger partial charge in [-0.1, -0.05) is 19.1 Å². The van der Waals surface area contributed by atoms with Crippen molar-refractivity contribution in [1.82, 2.24) is 0 Å². The molecule has 1 unspecified atom stereocenters. The van der Waals surface area contributed by atoms with Crippen LogP contribution in [0.25, 0.3) is 0 Å². The number of carbonyl (C=O) groups is 1. The number of hydrogen-bond donors (Lipinski definition) is 0. The molecule has 0 aliphatic carbocycles. The molecule has 0 spiro atoms. The highest BCUT2D eigenvalue weighted by Gasteiger charge is 2.10. The summed E-state index contributed by atoms with van der Waals surface area (Å²) in [5.41, 5.74) is 2.95. The lowest BCUT2D eigenvalue weighted by molar-refractivity contribution is 0.102. The third-order valence-electron chi connectivity index (χ3n) is 2.55. The molecule has 88 valence electrons. The van der Waals surface area contributed by atoms with Crippen LogP contribution in [0.3, 0.4) is 0 Å². The molecule has 1 atom stereocenters. The van der Waals surface area contributed by atoms with Crippen molar-refractivity contribution in [2.24, 2.45) is 0 Å². The van der Waals surface area contributed by atoms with E-state index in [-0.39, 0.29) is 11.5 Å². The van der Waals surface area contributed by atoms with Gasteiger partial charge in [0.2, 0.25) is 0 Å². The van der Waals surface area contributed by atoms with Crippen molar-refractivity contribution in [3.63, 3.8) is 0 Å². The number of rotatable bonds is 5. The zero-order chi connectivity index (χ0) is 12.1. The maximum Gasteiger partial charge on any atom is 0.175 e. The minimum absolute atomic E-state index is 0.0186. The molecule has 1 aromatic carbocycles. The molecule has 0 radical (unpaired) electrons. The van der Waals surface area contributed by atoms with Gasteiger partial charge in [-0.05, 0) is 37.5 Å². The molecule has 0 aromatic heterocycles. The normalized spacial score (nSPS) is 12.4. The first kappa shape index (κ1) is 13.1. The number of carbonyl (C=O) groups excluding carboxylic acids is 1. The van der Waals surface area contributed by atoms with Gasteiger partial charge in [0, 0.05) is 22.1 Å². The fourth-order valence-corrected chi connectivity index (χ4v) is 2.50. The van der Waals surface area contributed by atoms with Gasteiger partial charge in [-0.25, -0.2) is 0 Å². The van der Waals surface area contributed by atoms with E-state index in [1.807, 2.05) is 39.0 Å². The molecule has 0 N–H and O–H groups in total. The van der Waals surface area contributed by atoms with Gasteiger partial charge in [0.15, 0.2) is 5.78 Å². The number of benzene rings is 1. The van der Waals surface area contributed by atoms with Crippen LogP contribution in [-0.2, 0) is 10.8 Å². The molecule has 0 aliphatic rings. The maximum atomic E-state index is 11.8. The first-order valence-corrected chi connectivity index (χ1v) is 6.98. The summed E-state index contributed by atoms with van der Waals surface area (Å²) in [5, 5.41) is 0. The van der Waals surface area contributed by atoms with Crippen LogP contribution in [0.2, 0.25) is 0 Å². The molecule has 0 amide bonds. The molecule has 16 heavy (non-hydrogen) atoms. The molecule has 1 aromatic rings. The van der Waals surface area contributed by atoms with E-state index >= 15 is 0 Å². The van der Waals surface area contributed by atoms with E-state index in [1.54, 1.807) is 0 Å². The fraction of sp³-hybridized carbons (Fsp3) is 0.462. The summed E-state index contributed by atoms with van der Waals surface area (Å²) in [6.07, 6.45) is 0.854. The average Bonchev–Trinajstić information content (AvgIpc) is 2.22. The molecule has 0 heterocycles. The highest BCUT2D eigenvalue weighted by Crippen LogP contribution is 2.10. The van der Waals surface area contributed by atoms with Crippen molar-refractivity contribution in [3.8, 4) is 0 Å². The molecule has 3 heteroatoms. The third-order valence-corrected chi connectivity index (χ3v) is 4.00. The summed E-state index contributed by atoms with van der Waals surface area (Å²) in [4.78, 5) is 11.8. The number of aryl methyl sites for hydroxylation is 2. The van der Waals surface area contributed by atoms with Gasteiger partial charge in [-0.15, -0.1) is 0 Å². The second-order valence-electron chi connectivity index (χ2n) is 4.01. The lowest BCUT2D eigenvalue weighted by atomic mass is 10.0. The SMILES string of the molecule is CCCS(=O)CC(=O)c1ccc(C)c(C)c1. The predicted molar refractivity (Wildman–Crippen MR) is 68.4 cm³/mol. The Morgan fingerprint density at radius 3 is 2.50 bits per heavy atom. The Morgan fingerprint density at radius 1 is 1.25 bits per heavy atom. The van der Waals surface area contributed by atoms with E-state index in [0.717, 1.165) is 12.0 Å². The topological polar surface area (TPSA) is 34.1 Å². The minimum Gasteiger partial charge on any atom is -0.293 e. The Hall–Kier alpha value is -0.960. The molecule has 0 fully saturated rings. The van der Waals surface area contributed by atoms with Crippen molar-refractivity contribution in [2.75, 3.05) is 11.5 Å². The van der Waals surface area contributed by atoms with Gasteiger partial charge in [0.25, 0.3) is 0 Å². The third kappa shape index (κ3) is 3.56. The zero-order valence-corrected chi connectivity index (χ0v) is 10.9. The Kier molecular flexibility index (Phi) is 4.87. The summed E-state index contributed by atoms with van der Waals surface area (Å²) >= 11 is 0. The predicted octanol–water partition coefficient (Wildman–Crippen LogP) is 2.64. The van der Waals surface area contributed by atoms with Gasteiger partial charge in [0.1, 0.15) is 0 Å². The Morgan fingerprint density at radius 2 is 1.94 bits per heavy atom. The van der Waals surface area contributed by atoms with Crippen LogP contribution in [0, 0.1) is 13.8 Å². The van der Waals surface area contributed by atoms with Gasteiger partial charge < -0.3 is 0 Å². The molecule has 0 aliphatic heterocycles. The summed E-state index contributed by atoms with van der Waals surface area (Å²) in [6, 6.07) is 5.62. The summed E-state index contributed by atoms with van der Waals surface area (Å²) in [6.45, 7) is 5.96. The number of ketones is 1. The average molecular weight is 238 g/mol. The Balaban J connectivity index is 2.73. The van der Waals surface area contributed by atoms with E-state index in [1.165, 1.54) is 5.56 Å². The van der Waals surface area contributed by atoms with Crippen LogP contribution in [0.15, 0.2) is 18.2 Å². The van der Waals surface area contributed by atoms with Crippen molar-refractivity contribution >= 4 is 16.6 Å². The van der Waals surface area contributed by atoms with Crippen LogP contribution in [-0.4, -0.2) is 21.5 Å². The van der Waals surface area contributed by atoms with Gasteiger partial charge in [-0.3, -0.25) is 9.00 Å². The molecule has 0 saturated carbocycles. The lowest BCUT2D eigenvalue weighted by Gasteiger charge is -2.04. The smallest absolute Gasteiger partial charge is 0.175 e. The van der Waals surface area contributed by atoms with Crippen LogP contribution >= 0.6 is 0 Å². The lowest BCUT2D eigenvalue weighted by Crippen LogP contribution is -2.13. The van der Waals surface area contributed by atoms with Crippen molar-refractivity contribution in [2.45, 2.75) is 27.2 Å². The minimum atomic E-state index is -1.01. The van der Waals surface area contributed by atoms with Crippen molar-refractivity contribution in [1.29, 1.82) is 0 Å². The van der Waals surface area contributed by atoms with Gasteiger partial charge >= 0.3 is 0 Å². The van der Waals surface area contributed by atoms with Crippen LogP contribution in [0.4, 0.5) is 0 Å². The van der Waals surface area contributed by atoms with Crippen LogP contribution < -0.4 is 0 Å². The van der Waals surface area contributed by atoms with E-state index in [2.05, 4.69) is 0 Å². The van der Waals surface area contributed by atoms with Gasteiger partial charge in [-0.2, -0.15) is 0 Å². The van der Waals surface area contributed by atoms with E-state index in [4.69, 9.17) is 0 Å². The van der Waals surface area contributed by atoms with Gasteiger partial charge in [0.05, 0.1) is 5.75 Å². The van der Waals surface area contributed by atoms with Crippen molar-refractivity contribution < 1.29 is 9.00 Å². The Bertz CT molecular complexity index is 410. The summed E-state index contributed by atoms with van der Waals surface area (Å²) in [7, 11) is -1.01. The monoisotopic (exact) mass is 238 g/mol. The highest BCUT2D eigenvalue weighted by atomic mass is 32.2. The maximum absolute atomic E-state index is 11.8. The van der Waals surface area contributed by atoms with E-state index in [9.17, 15) is 9.00 Å². The van der Waals surface area contributed by atoms with Crippen LogP contribution in [0.5, 0.6) is 0 Å². The highest BCUT2D eigenvalue weighted by molar-refractivity contribution is 7.85. The summed E-state index contributed by atoms with van der Waals surface area (Å²) < 4.78 is 11.5. The van der Waals surface area contributed by atoms with E-state index in [0.29, 0.717) is 11.3 Å². The van der Waals surface area contributed by atoms with Crippen LogP contribution in [0.1, 0.15) is 34.8 Å². The summed E-state index contributed by atoms with van der Waals surface area (Å²) in [5.74, 6) is 0.738. The second kappa shape index (κ2) is 5.94. The molecular formula is C13H18O2S. The Labute approximate surface area is 99.5 Å². The quantitative estimate of drug-likeness (QED) is 0.739. The largest absolute Gasteiger partial charge is 0.293 e. The molecule has 2 nitrogen and oxygen atoms in total. The first-order valence-electron chi connectivity index (χ1n) is 5.50. The number of Topliss-reactive ketones (excluding diaryl/α,β-unsaturated/α-hetero) is 1. The zero-order valence-electron chi connectivity index (χ0n) is 10.1. The number of hydrogen-bond acceptors (Lipinski definition) is 2. The fourth-order valence-electron chi connectivity index (χ4n) is 1.44. The molecular weight excluding hydrogens is 220 g/mol. The first-order chi connectivity index (χ1) is 7.54. The van der Waals surface area contributed by atoms with Crippen molar-refractivity contribution in [3.05, 3.63) is 34.9 Å². The molecule has 0 saturated heterocycles. The standard InChI is InChI=1S/C13H18O2S/c1-4-7-16(15)9-13(14)12-6-5-10(2)11(3)8-12/h5-6,8H,4,7,9H2,1-3H3. The molecule has 1 rings (SSSR count). The second-order valence-corrected chi connectivity index (χ2v) is 5.59. The molecule has 0 bridgehead atoms. The van der Waals surface area contributed by atoms with E-state index < -0.39 is 10.8 Å².